The normalized spacial score (nSPS) is 15.3. The third-order valence-electron chi connectivity index (χ3n) is 5.24. The van der Waals surface area contributed by atoms with E-state index in [0.29, 0.717) is 36.3 Å². The van der Waals surface area contributed by atoms with Gasteiger partial charge < -0.3 is 19.4 Å². The Morgan fingerprint density at radius 1 is 1.31 bits per heavy atom. The van der Waals surface area contributed by atoms with Crippen LogP contribution in [0.1, 0.15) is 35.0 Å². The first kappa shape index (κ1) is 19.5. The predicted octanol–water partition coefficient (Wildman–Crippen LogP) is 4.31. The van der Waals surface area contributed by atoms with Gasteiger partial charge in [-0.05, 0) is 48.7 Å². The molecule has 0 bridgehead atoms. The van der Waals surface area contributed by atoms with Crippen molar-refractivity contribution >= 4 is 16.8 Å². The minimum absolute atomic E-state index is 0.151. The zero-order chi connectivity index (χ0) is 20.4. The van der Waals surface area contributed by atoms with Crippen LogP contribution in [0.2, 0.25) is 0 Å². The summed E-state index contributed by atoms with van der Waals surface area (Å²) < 4.78 is 25.0. The van der Waals surface area contributed by atoms with Crippen LogP contribution in [0.15, 0.2) is 42.5 Å². The van der Waals surface area contributed by atoms with Crippen LogP contribution in [-0.4, -0.2) is 42.2 Å². The van der Waals surface area contributed by atoms with Crippen LogP contribution in [0.25, 0.3) is 10.9 Å². The van der Waals surface area contributed by atoms with E-state index in [1.807, 2.05) is 12.1 Å². The summed E-state index contributed by atoms with van der Waals surface area (Å²) in [6.45, 7) is 3.65. The monoisotopic (exact) mass is 396 g/mol. The van der Waals surface area contributed by atoms with Crippen molar-refractivity contribution in [1.29, 1.82) is 0 Å². The number of aromatic amines is 1. The fourth-order valence-corrected chi connectivity index (χ4v) is 3.85. The summed E-state index contributed by atoms with van der Waals surface area (Å²) in [4.78, 5) is 18.1. The van der Waals surface area contributed by atoms with Gasteiger partial charge in [-0.1, -0.05) is 18.2 Å². The Hall–Kier alpha value is -2.86. The Morgan fingerprint density at radius 2 is 2.17 bits per heavy atom. The lowest BCUT2D eigenvalue weighted by molar-refractivity contribution is 0.0718. The largest absolute Gasteiger partial charge is 0.490 e. The Morgan fingerprint density at radius 3 is 2.97 bits per heavy atom. The number of nitrogens with zero attached hydrogens (tertiary/aromatic N) is 1. The third-order valence-corrected chi connectivity index (χ3v) is 5.24. The fraction of sp³-hybridized carbons (Fsp3) is 0.348. The van der Waals surface area contributed by atoms with Crippen molar-refractivity contribution in [1.82, 2.24) is 9.88 Å². The maximum absolute atomic E-state index is 14.0. The number of H-pyrrole nitrogens is 1. The van der Waals surface area contributed by atoms with Crippen molar-refractivity contribution in [3.63, 3.8) is 0 Å². The zero-order valence-electron chi connectivity index (χ0n) is 16.7. The molecule has 29 heavy (non-hydrogen) atoms. The van der Waals surface area contributed by atoms with Gasteiger partial charge in [0, 0.05) is 44.1 Å². The standard InChI is InChI=1S/C23H25FN2O3/c1-15-11-17-12-16(7-8-22(17)29-15)14-26(9-4-10-28-2)23(27)21-13-18-19(24)5-3-6-20(18)25-21/h3,5-8,12-13,15,25H,4,9-11,14H2,1-2H3/t15-/m0/s1. The summed E-state index contributed by atoms with van der Waals surface area (Å²) >= 11 is 0. The molecule has 3 aromatic rings. The molecule has 0 aliphatic carbocycles. The average Bonchev–Trinajstić information content (AvgIpc) is 3.30. The number of hydrogen-bond acceptors (Lipinski definition) is 3. The fourth-order valence-electron chi connectivity index (χ4n) is 3.85. The quantitative estimate of drug-likeness (QED) is 0.606. The Labute approximate surface area is 169 Å². The molecule has 2 aromatic carbocycles. The highest BCUT2D eigenvalue weighted by atomic mass is 19.1. The molecule has 6 heteroatoms. The number of rotatable bonds is 7. The van der Waals surface area contributed by atoms with E-state index >= 15 is 0 Å². The lowest BCUT2D eigenvalue weighted by Gasteiger charge is -2.22. The van der Waals surface area contributed by atoms with Crippen molar-refractivity contribution in [2.75, 3.05) is 20.3 Å². The van der Waals surface area contributed by atoms with E-state index in [1.54, 1.807) is 30.2 Å². The van der Waals surface area contributed by atoms with Gasteiger partial charge in [0.15, 0.2) is 0 Å². The summed E-state index contributed by atoms with van der Waals surface area (Å²) in [5.74, 6) is 0.433. The number of amides is 1. The van der Waals surface area contributed by atoms with Crippen molar-refractivity contribution in [2.45, 2.75) is 32.4 Å². The molecule has 1 aliphatic rings. The van der Waals surface area contributed by atoms with Crippen LogP contribution >= 0.6 is 0 Å². The van der Waals surface area contributed by atoms with Crippen molar-refractivity contribution in [3.05, 3.63) is 65.1 Å². The first-order valence-corrected chi connectivity index (χ1v) is 9.89. The number of halogens is 1. The van der Waals surface area contributed by atoms with E-state index in [4.69, 9.17) is 9.47 Å². The molecule has 1 atom stereocenters. The van der Waals surface area contributed by atoms with Crippen LogP contribution in [0.4, 0.5) is 4.39 Å². The van der Waals surface area contributed by atoms with E-state index in [0.717, 1.165) is 24.2 Å². The molecule has 5 nitrogen and oxygen atoms in total. The van der Waals surface area contributed by atoms with Gasteiger partial charge >= 0.3 is 0 Å². The molecule has 0 spiro atoms. The van der Waals surface area contributed by atoms with Gasteiger partial charge in [0.2, 0.25) is 0 Å². The molecule has 152 valence electrons. The predicted molar refractivity (Wildman–Crippen MR) is 110 cm³/mol. The Balaban J connectivity index is 1.58. The highest BCUT2D eigenvalue weighted by Crippen LogP contribution is 2.30. The van der Waals surface area contributed by atoms with E-state index in [2.05, 4.69) is 18.0 Å². The maximum atomic E-state index is 14.0. The van der Waals surface area contributed by atoms with Gasteiger partial charge in [-0.25, -0.2) is 4.39 Å². The molecule has 0 radical (unpaired) electrons. The number of benzene rings is 2. The summed E-state index contributed by atoms with van der Waals surface area (Å²) in [6.07, 6.45) is 1.78. The van der Waals surface area contributed by atoms with Crippen molar-refractivity contribution in [2.24, 2.45) is 0 Å². The lowest BCUT2D eigenvalue weighted by atomic mass is 10.1. The van der Waals surface area contributed by atoms with Crippen molar-refractivity contribution < 1.29 is 18.7 Å². The zero-order valence-corrected chi connectivity index (χ0v) is 16.7. The summed E-state index contributed by atoms with van der Waals surface area (Å²) in [5.41, 5.74) is 3.23. The third kappa shape index (κ3) is 4.12. The second kappa shape index (κ2) is 8.25. The van der Waals surface area contributed by atoms with Crippen LogP contribution in [-0.2, 0) is 17.7 Å². The molecule has 1 aliphatic heterocycles. The van der Waals surface area contributed by atoms with Gasteiger partial charge in [-0.2, -0.15) is 0 Å². The summed E-state index contributed by atoms with van der Waals surface area (Å²) in [6, 6.07) is 12.5. The first-order valence-electron chi connectivity index (χ1n) is 9.89. The van der Waals surface area contributed by atoms with Gasteiger partial charge in [0.1, 0.15) is 23.4 Å². The number of fused-ring (bicyclic) bond motifs is 2. The Kier molecular flexibility index (Phi) is 5.53. The van der Waals surface area contributed by atoms with Crippen LogP contribution in [0.5, 0.6) is 5.75 Å². The SMILES string of the molecule is COCCCN(Cc1ccc2c(c1)C[C@H](C)O2)C(=O)c1cc2c(F)cccc2[nH]1. The van der Waals surface area contributed by atoms with Gasteiger partial charge in [-0.3, -0.25) is 4.79 Å². The number of ether oxygens (including phenoxy) is 2. The van der Waals surface area contributed by atoms with Crippen LogP contribution in [0, 0.1) is 5.82 Å². The number of nitrogens with one attached hydrogen (secondary N) is 1. The minimum atomic E-state index is -0.337. The molecule has 1 aromatic heterocycles. The number of carbonyl (C=O) groups is 1. The van der Waals surface area contributed by atoms with Crippen LogP contribution in [0.3, 0.4) is 0 Å². The van der Waals surface area contributed by atoms with E-state index in [-0.39, 0.29) is 17.8 Å². The second-order valence-corrected chi connectivity index (χ2v) is 7.53. The topological polar surface area (TPSA) is 54.6 Å². The van der Waals surface area contributed by atoms with Gasteiger partial charge in [-0.15, -0.1) is 0 Å². The number of methoxy groups -OCH3 is 1. The Bertz CT molecular complexity index is 1030. The lowest BCUT2D eigenvalue weighted by Crippen LogP contribution is -2.32. The molecule has 0 saturated carbocycles. The first-order chi connectivity index (χ1) is 14.0. The van der Waals surface area contributed by atoms with Gasteiger partial charge in [0.05, 0.1) is 0 Å². The van der Waals surface area contributed by atoms with Gasteiger partial charge in [0.25, 0.3) is 5.91 Å². The molecule has 2 heterocycles. The molecule has 1 amide bonds. The molecule has 0 fully saturated rings. The number of aromatic nitrogens is 1. The highest BCUT2D eigenvalue weighted by Gasteiger charge is 2.22. The number of carbonyl (C=O) groups excluding carboxylic acids is 1. The number of hydrogen-bond donors (Lipinski definition) is 1. The van der Waals surface area contributed by atoms with E-state index < -0.39 is 0 Å². The van der Waals surface area contributed by atoms with Crippen molar-refractivity contribution in [3.8, 4) is 5.75 Å². The molecule has 0 saturated heterocycles. The molecule has 1 N–H and O–H groups in total. The molecule has 0 unspecified atom stereocenters. The van der Waals surface area contributed by atoms with E-state index in [9.17, 15) is 9.18 Å². The molecular formula is C23H25FN2O3. The maximum Gasteiger partial charge on any atom is 0.270 e. The average molecular weight is 396 g/mol. The smallest absolute Gasteiger partial charge is 0.270 e. The summed E-state index contributed by atoms with van der Waals surface area (Å²) in [7, 11) is 1.65. The van der Waals surface area contributed by atoms with Crippen LogP contribution < -0.4 is 4.74 Å². The molecule has 4 rings (SSSR count). The highest BCUT2D eigenvalue weighted by molar-refractivity contribution is 5.98. The second-order valence-electron chi connectivity index (χ2n) is 7.53. The molecular weight excluding hydrogens is 371 g/mol. The minimum Gasteiger partial charge on any atom is -0.490 e. The van der Waals surface area contributed by atoms with E-state index in [1.165, 1.54) is 11.6 Å². The summed E-state index contributed by atoms with van der Waals surface area (Å²) in [5, 5.41) is 0.427.